The maximum absolute atomic E-state index is 5.72. The van der Waals surface area contributed by atoms with E-state index in [1.807, 2.05) is 5.38 Å². The van der Waals surface area contributed by atoms with E-state index in [1.165, 1.54) is 5.56 Å². The fourth-order valence-electron chi connectivity index (χ4n) is 1.10. The van der Waals surface area contributed by atoms with Gasteiger partial charge in [0.05, 0.1) is 6.54 Å². The highest BCUT2D eigenvalue weighted by Gasteiger charge is 1.95. The molecule has 0 unspecified atom stereocenters. The normalized spacial score (nSPS) is 11.3. The number of rotatable bonds is 5. The molecule has 0 spiro atoms. The molecule has 0 radical (unpaired) electrons. The van der Waals surface area contributed by atoms with Gasteiger partial charge in [-0.2, -0.15) is 11.3 Å². The lowest BCUT2D eigenvalue weighted by Crippen LogP contribution is -2.32. The molecule has 1 heterocycles. The Morgan fingerprint density at radius 2 is 2.31 bits per heavy atom. The first-order valence-corrected chi connectivity index (χ1v) is 6.17. The third-order valence-electron chi connectivity index (χ3n) is 2.04. The Kier molecular flexibility index (Phi) is 8.64. The van der Waals surface area contributed by atoms with E-state index < -0.39 is 0 Å². The van der Waals surface area contributed by atoms with Gasteiger partial charge in [0, 0.05) is 6.54 Å². The number of nitrogens with zero attached hydrogens (tertiary/aromatic N) is 1. The van der Waals surface area contributed by atoms with Crippen LogP contribution in [0.1, 0.15) is 25.8 Å². The van der Waals surface area contributed by atoms with Crippen LogP contribution in [0.4, 0.5) is 0 Å². The lowest BCUT2D eigenvalue weighted by molar-refractivity contribution is 0.576. The summed E-state index contributed by atoms with van der Waals surface area (Å²) in [6.07, 6.45) is 1.12. The fraction of sp³-hybridized carbons (Fsp3) is 0.545. The van der Waals surface area contributed by atoms with Crippen molar-refractivity contribution in [1.82, 2.24) is 5.32 Å². The Labute approximate surface area is 119 Å². The van der Waals surface area contributed by atoms with Gasteiger partial charge in [0.15, 0.2) is 5.96 Å². The number of aliphatic imine (C=N–C) groups is 1. The first-order chi connectivity index (χ1) is 7.18. The summed E-state index contributed by atoms with van der Waals surface area (Å²) in [4.78, 5) is 4.25. The summed E-state index contributed by atoms with van der Waals surface area (Å²) in [5.74, 6) is 1.24. The number of nitrogens with one attached hydrogen (secondary N) is 1. The first-order valence-electron chi connectivity index (χ1n) is 5.23. The molecular formula is C11H20IN3S. The molecule has 0 bridgehead atoms. The number of nitrogens with two attached hydrogens (primary N) is 1. The summed E-state index contributed by atoms with van der Waals surface area (Å²) in [7, 11) is 0. The van der Waals surface area contributed by atoms with E-state index in [0.29, 0.717) is 18.4 Å². The Hall–Kier alpha value is -0.300. The molecule has 0 aliphatic rings. The van der Waals surface area contributed by atoms with Crippen molar-refractivity contribution in [2.75, 3.05) is 6.54 Å². The molecule has 0 aromatic carbocycles. The van der Waals surface area contributed by atoms with Crippen molar-refractivity contribution < 1.29 is 0 Å². The van der Waals surface area contributed by atoms with Crippen LogP contribution in [0.2, 0.25) is 0 Å². The highest BCUT2D eigenvalue weighted by Crippen LogP contribution is 2.06. The highest BCUT2D eigenvalue weighted by molar-refractivity contribution is 14.0. The lowest BCUT2D eigenvalue weighted by Gasteiger charge is -2.07. The molecule has 5 heteroatoms. The van der Waals surface area contributed by atoms with Crippen LogP contribution in [-0.2, 0) is 6.54 Å². The van der Waals surface area contributed by atoms with Crippen molar-refractivity contribution in [1.29, 1.82) is 0 Å². The molecule has 92 valence electrons. The van der Waals surface area contributed by atoms with Crippen molar-refractivity contribution in [3.63, 3.8) is 0 Å². The Morgan fingerprint density at radius 3 is 2.88 bits per heavy atom. The van der Waals surface area contributed by atoms with Crippen molar-refractivity contribution >= 4 is 41.3 Å². The minimum Gasteiger partial charge on any atom is -0.370 e. The van der Waals surface area contributed by atoms with Crippen LogP contribution < -0.4 is 11.1 Å². The van der Waals surface area contributed by atoms with Crippen molar-refractivity contribution in [3.05, 3.63) is 22.4 Å². The zero-order valence-electron chi connectivity index (χ0n) is 9.77. The maximum Gasteiger partial charge on any atom is 0.188 e. The second kappa shape index (κ2) is 8.81. The molecule has 0 amide bonds. The predicted octanol–water partition coefficient (Wildman–Crippen LogP) is 2.82. The number of halogens is 1. The van der Waals surface area contributed by atoms with Crippen molar-refractivity contribution in [3.8, 4) is 0 Å². The number of hydrogen-bond donors (Lipinski definition) is 2. The molecule has 1 rings (SSSR count). The average molecular weight is 353 g/mol. The Bertz CT molecular complexity index is 296. The van der Waals surface area contributed by atoms with Gasteiger partial charge in [-0.05, 0) is 34.7 Å². The van der Waals surface area contributed by atoms with Gasteiger partial charge in [-0.3, -0.25) is 0 Å². The van der Waals surface area contributed by atoms with Gasteiger partial charge >= 0.3 is 0 Å². The van der Waals surface area contributed by atoms with Gasteiger partial charge in [-0.1, -0.05) is 13.8 Å². The van der Waals surface area contributed by atoms with Gasteiger partial charge in [-0.25, -0.2) is 4.99 Å². The molecule has 3 N–H and O–H groups in total. The van der Waals surface area contributed by atoms with Gasteiger partial charge in [0.1, 0.15) is 0 Å². The van der Waals surface area contributed by atoms with E-state index in [1.54, 1.807) is 11.3 Å². The van der Waals surface area contributed by atoms with Crippen LogP contribution in [-0.4, -0.2) is 12.5 Å². The highest BCUT2D eigenvalue weighted by atomic mass is 127. The number of guanidine groups is 1. The third kappa shape index (κ3) is 7.05. The smallest absolute Gasteiger partial charge is 0.188 e. The Balaban J connectivity index is 0.00000225. The Morgan fingerprint density at radius 1 is 1.56 bits per heavy atom. The van der Waals surface area contributed by atoms with Crippen molar-refractivity contribution in [2.24, 2.45) is 16.6 Å². The monoisotopic (exact) mass is 353 g/mol. The third-order valence-corrected chi connectivity index (χ3v) is 2.77. The molecule has 1 aromatic rings. The zero-order valence-corrected chi connectivity index (χ0v) is 12.9. The summed E-state index contributed by atoms with van der Waals surface area (Å²) >= 11 is 1.68. The largest absolute Gasteiger partial charge is 0.370 e. The van der Waals surface area contributed by atoms with Gasteiger partial charge in [0.25, 0.3) is 0 Å². The maximum atomic E-state index is 5.72. The van der Waals surface area contributed by atoms with Gasteiger partial charge in [0.2, 0.25) is 0 Å². The SMILES string of the molecule is CC(C)CCNC(N)=NCc1ccsc1.I. The van der Waals surface area contributed by atoms with E-state index in [0.717, 1.165) is 13.0 Å². The topological polar surface area (TPSA) is 50.4 Å². The van der Waals surface area contributed by atoms with Crippen LogP contribution in [0.15, 0.2) is 21.8 Å². The van der Waals surface area contributed by atoms with E-state index in [9.17, 15) is 0 Å². The standard InChI is InChI=1S/C11H19N3S.HI/c1-9(2)3-5-13-11(12)14-7-10-4-6-15-8-10;/h4,6,8-9H,3,5,7H2,1-2H3,(H3,12,13,14);1H. The van der Waals surface area contributed by atoms with E-state index in [-0.39, 0.29) is 24.0 Å². The lowest BCUT2D eigenvalue weighted by atomic mass is 10.1. The van der Waals surface area contributed by atoms with Crippen LogP contribution >= 0.6 is 35.3 Å². The fourth-order valence-corrected chi connectivity index (χ4v) is 1.76. The minimum absolute atomic E-state index is 0. The molecule has 0 aliphatic heterocycles. The molecule has 1 aromatic heterocycles. The van der Waals surface area contributed by atoms with Gasteiger partial charge in [-0.15, -0.1) is 24.0 Å². The molecular weight excluding hydrogens is 333 g/mol. The molecule has 0 atom stereocenters. The summed E-state index contributed by atoms with van der Waals surface area (Å²) in [5, 5.41) is 7.24. The average Bonchev–Trinajstić information content (AvgIpc) is 2.66. The first kappa shape index (κ1) is 15.7. The van der Waals surface area contributed by atoms with Crippen LogP contribution in [0.25, 0.3) is 0 Å². The van der Waals surface area contributed by atoms with E-state index in [4.69, 9.17) is 5.73 Å². The van der Waals surface area contributed by atoms with Gasteiger partial charge < -0.3 is 11.1 Å². The van der Waals surface area contributed by atoms with Crippen LogP contribution in [0.3, 0.4) is 0 Å². The van der Waals surface area contributed by atoms with Crippen molar-refractivity contribution in [2.45, 2.75) is 26.8 Å². The molecule has 3 nitrogen and oxygen atoms in total. The van der Waals surface area contributed by atoms with Crippen LogP contribution in [0.5, 0.6) is 0 Å². The molecule has 16 heavy (non-hydrogen) atoms. The summed E-state index contributed by atoms with van der Waals surface area (Å²) in [6.45, 7) is 5.96. The summed E-state index contributed by atoms with van der Waals surface area (Å²) in [6, 6.07) is 2.07. The quantitative estimate of drug-likeness (QED) is 0.486. The van der Waals surface area contributed by atoms with E-state index in [2.05, 4.69) is 35.6 Å². The molecule has 0 fully saturated rings. The second-order valence-electron chi connectivity index (χ2n) is 3.94. The number of hydrogen-bond acceptors (Lipinski definition) is 2. The minimum atomic E-state index is 0. The summed E-state index contributed by atoms with van der Waals surface area (Å²) < 4.78 is 0. The molecule has 0 saturated carbocycles. The predicted molar refractivity (Wildman–Crippen MR) is 82.5 cm³/mol. The second-order valence-corrected chi connectivity index (χ2v) is 4.72. The molecule has 0 aliphatic carbocycles. The summed E-state index contributed by atoms with van der Waals surface area (Å²) in [5.41, 5.74) is 6.94. The van der Waals surface area contributed by atoms with Crippen LogP contribution in [0, 0.1) is 5.92 Å². The molecule has 0 saturated heterocycles. The number of thiophene rings is 1. The van der Waals surface area contributed by atoms with E-state index >= 15 is 0 Å². The zero-order chi connectivity index (χ0) is 11.1.